The number of aryl methyl sites for hydroxylation is 2. The van der Waals surface area contributed by atoms with Gasteiger partial charge in [0.1, 0.15) is 5.75 Å². The molecule has 1 aromatic carbocycles. The van der Waals surface area contributed by atoms with Crippen LogP contribution in [0.2, 0.25) is 0 Å². The number of nitrogens with zero attached hydrogens (tertiary/aromatic N) is 3. The number of methoxy groups -OCH3 is 1. The molecule has 25 heavy (non-hydrogen) atoms. The van der Waals surface area contributed by atoms with Crippen molar-refractivity contribution in [1.29, 1.82) is 0 Å². The summed E-state index contributed by atoms with van der Waals surface area (Å²) in [6.07, 6.45) is 2.32. The van der Waals surface area contributed by atoms with Crippen LogP contribution in [0.15, 0.2) is 24.3 Å². The van der Waals surface area contributed by atoms with E-state index in [0.29, 0.717) is 12.6 Å². The molecule has 2 aromatic rings. The minimum absolute atomic E-state index is 0.0135. The zero-order valence-electron chi connectivity index (χ0n) is 15.4. The molecule has 1 aliphatic rings. The summed E-state index contributed by atoms with van der Waals surface area (Å²) >= 11 is 0. The lowest BCUT2D eigenvalue weighted by Gasteiger charge is -2.21. The lowest BCUT2D eigenvalue weighted by Crippen LogP contribution is -2.34. The van der Waals surface area contributed by atoms with Gasteiger partial charge in [-0.25, -0.2) is 0 Å². The van der Waals surface area contributed by atoms with Crippen LogP contribution in [-0.4, -0.2) is 40.3 Å². The van der Waals surface area contributed by atoms with Crippen molar-refractivity contribution in [2.75, 3.05) is 19.0 Å². The van der Waals surface area contributed by atoms with Crippen LogP contribution >= 0.6 is 0 Å². The number of hydrogen-bond donors (Lipinski definition) is 1. The highest BCUT2D eigenvalue weighted by atomic mass is 16.5. The molecule has 1 aromatic heterocycles. The van der Waals surface area contributed by atoms with Gasteiger partial charge in [0, 0.05) is 19.6 Å². The zero-order chi connectivity index (χ0) is 18.0. The smallest absolute Gasteiger partial charge is 0.238 e. The standard InChI is InChI=1S/C19H26N4O2/c1-13-19(14(2)22(3)21-13)20-18(24)12-23(16-7-8-16)11-15-5-9-17(25-4)10-6-15/h5-6,9-10,16H,7-8,11-12H2,1-4H3,(H,20,24). The summed E-state index contributed by atoms with van der Waals surface area (Å²) in [4.78, 5) is 14.8. The lowest BCUT2D eigenvalue weighted by molar-refractivity contribution is -0.117. The second kappa shape index (κ2) is 7.27. The van der Waals surface area contributed by atoms with Crippen molar-refractivity contribution in [2.45, 2.75) is 39.3 Å². The summed E-state index contributed by atoms with van der Waals surface area (Å²) in [5, 5.41) is 7.38. The first-order valence-electron chi connectivity index (χ1n) is 8.65. The summed E-state index contributed by atoms with van der Waals surface area (Å²) in [6.45, 7) is 5.04. The molecular formula is C19H26N4O2. The number of benzene rings is 1. The summed E-state index contributed by atoms with van der Waals surface area (Å²) in [6, 6.07) is 8.54. The number of aromatic nitrogens is 2. The molecule has 0 aliphatic heterocycles. The number of hydrogen-bond acceptors (Lipinski definition) is 4. The van der Waals surface area contributed by atoms with Gasteiger partial charge in [-0.3, -0.25) is 14.4 Å². The van der Waals surface area contributed by atoms with Gasteiger partial charge in [-0.1, -0.05) is 12.1 Å². The van der Waals surface area contributed by atoms with Crippen LogP contribution in [0.3, 0.4) is 0 Å². The third-order valence-corrected chi connectivity index (χ3v) is 4.73. The highest BCUT2D eigenvalue weighted by Crippen LogP contribution is 2.28. The average molecular weight is 342 g/mol. The molecule has 0 radical (unpaired) electrons. The molecule has 6 nitrogen and oxygen atoms in total. The minimum Gasteiger partial charge on any atom is -0.497 e. The highest BCUT2D eigenvalue weighted by Gasteiger charge is 2.30. The number of amides is 1. The van der Waals surface area contributed by atoms with E-state index in [4.69, 9.17) is 4.74 Å². The van der Waals surface area contributed by atoms with Gasteiger partial charge in [0.25, 0.3) is 0 Å². The van der Waals surface area contributed by atoms with E-state index in [1.807, 2.05) is 33.0 Å². The molecule has 1 heterocycles. The van der Waals surface area contributed by atoms with Crippen LogP contribution in [0.1, 0.15) is 29.8 Å². The number of rotatable bonds is 7. The van der Waals surface area contributed by atoms with Crippen molar-refractivity contribution in [3.8, 4) is 5.75 Å². The molecule has 1 aliphatic carbocycles. The molecule has 0 saturated heterocycles. The molecular weight excluding hydrogens is 316 g/mol. The quantitative estimate of drug-likeness (QED) is 0.840. The molecule has 0 bridgehead atoms. The Morgan fingerprint density at radius 2 is 2.00 bits per heavy atom. The molecule has 134 valence electrons. The second-order valence-electron chi connectivity index (χ2n) is 6.70. The van der Waals surface area contributed by atoms with E-state index < -0.39 is 0 Å². The van der Waals surface area contributed by atoms with E-state index in [9.17, 15) is 4.79 Å². The molecule has 0 unspecified atom stereocenters. The maximum atomic E-state index is 12.5. The predicted molar refractivity (Wildman–Crippen MR) is 97.7 cm³/mol. The fourth-order valence-electron chi connectivity index (χ4n) is 3.04. The number of carbonyl (C=O) groups is 1. The van der Waals surface area contributed by atoms with E-state index in [1.54, 1.807) is 11.8 Å². The number of anilines is 1. The van der Waals surface area contributed by atoms with Crippen LogP contribution < -0.4 is 10.1 Å². The molecule has 1 N–H and O–H groups in total. The van der Waals surface area contributed by atoms with Crippen molar-refractivity contribution in [3.05, 3.63) is 41.2 Å². The van der Waals surface area contributed by atoms with Crippen LogP contribution in [-0.2, 0) is 18.4 Å². The number of nitrogens with one attached hydrogen (secondary N) is 1. The Hall–Kier alpha value is -2.34. The third-order valence-electron chi connectivity index (χ3n) is 4.73. The van der Waals surface area contributed by atoms with Crippen molar-refractivity contribution >= 4 is 11.6 Å². The van der Waals surface area contributed by atoms with Crippen LogP contribution in [0.5, 0.6) is 5.75 Å². The fourth-order valence-corrected chi connectivity index (χ4v) is 3.04. The van der Waals surface area contributed by atoms with E-state index >= 15 is 0 Å². The predicted octanol–water partition coefficient (Wildman–Crippen LogP) is 2.65. The Morgan fingerprint density at radius 3 is 2.52 bits per heavy atom. The summed E-state index contributed by atoms with van der Waals surface area (Å²) in [5.41, 5.74) is 3.84. The van der Waals surface area contributed by atoms with Gasteiger partial charge in [0.15, 0.2) is 0 Å². The van der Waals surface area contributed by atoms with Crippen molar-refractivity contribution < 1.29 is 9.53 Å². The average Bonchev–Trinajstić information content (AvgIpc) is 3.40. The van der Waals surface area contributed by atoms with Gasteiger partial charge in [0.2, 0.25) is 5.91 Å². The maximum Gasteiger partial charge on any atom is 0.238 e. The minimum atomic E-state index is 0.0135. The number of carbonyl (C=O) groups excluding carboxylic acids is 1. The van der Waals surface area contributed by atoms with E-state index in [1.165, 1.54) is 5.56 Å². The van der Waals surface area contributed by atoms with Crippen molar-refractivity contribution in [2.24, 2.45) is 7.05 Å². The SMILES string of the molecule is COc1ccc(CN(CC(=O)Nc2c(C)nn(C)c2C)C2CC2)cc1. The monoisotopic (exact) mass is 342 g/mol. The van der Waals surface area contributed by atoms with Gasteiger partial charge in [0.05, 0.1) is 30.7 Å². The van der Waals surface area contributed by atoms with Crippen LogP contribution in [0, 0.1) is 13.8 Å². The van der Waals surface area contributed by atoms with Crippen LogP contribution in [0.4, 0.5) is 5.69 Å². The first-order valence-corrected chi connectivity index (χ1v) is 8.65. The van der Waals surface area contributed by atoms with Gasteiger partial charge in [-0.2, -0.15) is 5.10 Å². The Balaban J connectivity index is 1.64. The van der Waals surface area contributed by atoms with Gasteiger partial charge < -0.3 is 10.1 Å². The first-order chi connectivity index (χ1) is 12.0. The maximum absolute atomic E-state index is 12.5. The normalized spacial score (nSPS) is 14.0. The van der Waals surface area contributed by atoms with Gasteiger partial charge in [-0.15, -0.1) is 0 Å². The highest BCUT2D eigenvalue weighted by molar-refractivity contribution is 5.93. The fraction of sp³-hybridized carbons (Fsp3) is 0.474. The number of ether oxygens (including phenoxy) is 1. The van der Waals surface area contributed by atoms with E-state index in [0.717, 1.165) is 42.2 Å². The molecule has 1 fully saturated rings. The molecule has 1 amide bonds. The zero-order valence-corrected chi connectivity index (χ0v) is 15.4. The van der Waals surface area contributed by atoms with E-state index in [-0.39, 0.29) is 5.91 Å². The largest absolute Gasteiger partial charge is 0.497 e. The topological polar surface area (TPSA) is 59.4 Å². The molecule has 1 saturated carbocycles. The first kappa shape index (κ1) is 17.5. The Morgan fingerprint density at radius 1 is 1.32 bits per heavy atom. The molecule has 6 heteroatoms. The van der Waals surface area contributed by atoms with Gasteiger partial charge >= 0.3 is 0 Å². The van der Waals surface area contributed by atoms with Crippen LogP contribution in [0.25, 0.3) is 0 Å². The van der Waals surface area contributed by atoms with Crippen molar-refractivity contribution in [3.63, 3.8) is 0 Å². The summed E-state index contributed by atoms with van der Waals surface area (Å²) in [5.74, 6) is 0.863. The molecule has 0 atom stereocenters. The van der Waals surface area contributed by atoms with Gasteiger partial charge in [-0.05, 0) is 44.4 Å². The lowest BCUT2D eigenvalue weighted by atomic mass is 10.2. The third kappa shape index (κ3) is 4.20. The Bertz CT molecular complexity index is 748. The Labute approximate surface area is 148 Å². The summed E-state index contributed by atoms with van der Waals surface area (Å²) < 4.78 is 7.00. The van der Waals surface area contributed by atoms with E-state index in [2.05, 4.69) is 27.4 Å². The van der Waals surface area contributed by atoms with Crippen molar-refractivity contribution in [1.82, 2.24) is 14.7 Å². The summed E-state index contributed by atoms with van der Waals surface area (Å²) in [7, 11) is 3.55. The molecule has 0 spiro atoms. The molecule has 3 rings (SSSR count). The Kier molecular flexibility index (Phi) is 5.08. The second-order valence-corrected chi connectivity index (χ2v) is 6.70.